The number of amides is 1. The molecule has 3 N–H and O–H groups in total. The molecule has 2 rings (SSSR count). The van der Waals surface area contributed by atoms with Gasteiger partial charge in [0.1, 0.15) is 5.82 Å². The van der Waals surface area contributed by atoms with Gasteiger partial charge in [0.05, 0.1) is 10.6 Å². The highest BCUT2D eigenvalue weighted by molar-refractivity contribution is 6.33. The van der Waals surface area contributed by atoms with Crippen molar-refractivity contribution in [3.63, 3.8) is 0 Å². The maximum absolute atomic E-state index is 12.1. The molecule has 1 saturated carbocycles. The summed E-state index contributed by atoms with van der Waals surface area (Å²) >= 11 is 5.96. The van der Waals surface area contributed by atoms with Crippen molar-refractivity contribution in [2.24, 2.45) is 5.92 Å². The smallest absolute Gasteiger partial charge is 0.253 e. The summed E-state index contributed by atoms with van der Waals surface area (Å²) in [5.74, 6) is 0.707. The first-order valence-electron chi connectivity index (χ1n) is 6.30. The number of nitrogen functional groups attached to an aromatic ring is 1. The number of nitrogens with two attached hydrogens (primary N) is 1. The van der Waals surface area contributed by atoms with Gasteiger partial charge in [-0.25, -0.2) is 4.98 Å². The lowest BCUT2D eigenvalue weighted by Gasteiger charge is -2.20. The molecule has 4 nitrogen and oxygen atoms in total. The van der Waals surface area contributed by atoms with E-state index in [-0.39, 0.29) is 11.9 Å². The molecule has 1 atom stereocenters. The Morgan fingerprint density at radius 2 is 2.22 bits per heavy atom. The van der Waals surface area contributed by atoms with E-state index in [1.54, 1.807) is 0 Å². The molecule has 98 valence electrons. The van der Waals surface area contributed by atoms with E-state index in [1.807, 2.05) is 6.92 Å². The zero-order valence-corrected chi connectivity index (χ0v) is 11.2. The van der Waals surface area contributed by atoms with Crippen molar-refractivity contribution in [3.05, 3.63) is 22.8 Å². The topological polar surface area (TPSA) is 68.0 Å². The Bertz CT molecular complexity index is 444. The quantitative estimate of drug-likeness (QED) is 0.885. The third-order valence-electron chi connectivity index (χ3n) is 3.59. The second-order valence-electron chi connectivity index (χ2n) is 4.90. The van der Waals surface area contributed by atoms with Gasteiger partial charge < -0.3 is 11.1 Å². The summed E-state index contributed by atoms with van der Waals surface area (Å²) in [6.07, 6.45) is 6.30. The number of nitrogens with one attached hydrogen (secondary N) is 1. The molecule has 1 aromatic heterocycles. The average Bonchev–Trinajstić information content (AvgIpc) is 2.85. The number of carbonyl (C=O) groups excluding carboxylic acids is 1. The molecular weight excluding hydrogens is 250 g/mol. The number of rotatable bonds is 3. The van der Waals surface area contributed by atoms with Gasteiger partial charge in [-0.1, -0.05) is 24.4 Å². The molecule has 1 heterocycles. The van der Waals surface area contributed by atoms with Gasteiger partial charge in [0.15, 0.2) is 0 Å². The molecule has 1 unspecified atom stereocenters. The Morgan fingerprint density at radius 1 is 1.56 bits per heavy atom. The lowest BCUT2D eigenvalue weighted by Crippen LogP contribution is -2.37. The summed E-state index contributed by atoms with van der Waals surface area (Å²) in [5.41, 5.74) is 5.97. The van der Waals surface area contributed by atoms with Crippen LogP contribution in [-0.2, 0) is 0 Å². The standard InChI is InChI=1S/C13H18ClN3O/c1-8(9-4-2-3-5-9)17-13(18)10-6-12(15)16-7-11(10)14/h6-9H,2-5H2,1H3,(H2,15,16)(H,17,18). The number of anilines is 1. The van der Waals surface area contributed by atoms with Gasteiger partial charge in [0.2, 0.25) is 0 Å². The van der Waals surface area contributed by atoms with Crippen molar-refractivity contribution in [2.45, 2.75) is 38.6 Å². The monoisotopic (exact) mass is 267 g/mol. The lowest BCUT2D eigenvalue weighted by molar-refractivity contribution is 0.0927. The first-order valence-corrected chi connectivity index (χ1v) is 6.67. The minimum absolute atomic E-state index is 0.172. The summed E-state index contributed by atoms with van der Waals surface area (Å²) in [7, 11) is 0. The predicted octanol–water partition coefficient (Wildman–Crippen LogP) is 2.63. The third-order valence-corrected chi connectivity index (χ3v) is 3.89. The molecule has 1 fully saturated rings. The number of halogens is 1. The van der Waals surface area contributed by atoms with E-state index in [2.05, 4.69) is 10.3 Å². The van der Waals surface area contributed by atoms with Gasteiger partial charge in [-0.15, -0.1) is 0 Å². The fourth-order valence-electron chi connectivity index (χ4n) is 2.49. The number of hydrogen-bond donors (Lipinski definition) is 2. The summed E-state index contributed by atoms with van der Waals surface area (Å²) in [6, 6.07) is 1.68. The van der Waals surface area contributed by atoms with Crippen LogP contribution in [0.3, 0.4) is 0 Å². The Balaban J connectivity index is 2.04. The summed E-state index contributed by atoms with van der Waals surface area (Å²) in [6.45, 7) is 2.05. The van der Waals surface area contributed by atoms with Gasteiger partial charge in [-0.3, -0.25) is 4.79 Å². The summed E-state index contributed by atoms with van der Waals surface area (Å²) < 4.78 is 0. The van der Waals surface area contributed by atoms with E-state index in [1.165, 1.54) is 37.9 Å². The van der Waals surface area contributed by atoms with E-state index >= 15 is 0 Å². The predicted molar refractivity (Wildman–Crippen MR) is 72.5 cm³/mol. The van der Waals surface area contributed by atoms with Crippen LogP contribution >= 0.6 is 11.6 Å². The normalized spacial score (nSPS) is 17.7. The van der Waals surface area contributed by atoms with Crippen molar-refractivity contribution in [3.8, 4) is 0 Å². The maximum atomic E-state index is 12.1. The van der Waals surface area contributed by atoms with Crippen molar-refractivity contribution in [1.82, 2.24) is 10.3 Å². The highest BCUT2D eigenvalue weighted by Gasteiger charge is 2.23. The SMILES string of the molecule is CC(NC(=O)c1cc(N)ncc1Cl)C1CCCC1. The Kier molecular flexibility index (Phi) is 4.07. The van der Waals surface area contributed by atoms with Crippen LogP contribution in [0.4, 0.5) is 5.82 Å². The van der Waals surface area contributed by atoms with Gasteiger partial charge in [0.25, 0.3) is 5.91 Å². The molecule has 5 heteroatoms. The van der Waals surface area contributed by atoms with Crippen LogP contribution in [0.15, 0.2) is 12.3 Å². The van der Waals surface area contributed by atoms with Gasteiger partial charge in [0, 0.05) is 12.2 Å². The van der Waals surface area contributed by atoms with Crippen LogP contribution in [0.1, 0.15) is 43.0 Å². The van der Waals surface area contributed by atoms with Crippen LogP contribution in [-0.4, -0.2) is 16.9 Å². The molecule has 0 aliphatic heterocycles. The first-order chi connectivity index (χ1) is 8.58. The molecule has 1 aromatic rings. The average molecular weight is 268 g/mol. The first kappa shape index (κ1) is 13.1. The maximum Gasteiger partial charge on any atom is 0.253 e. The molecule has 1 aliphatic rings. The Morgan fingerprint density at radius 3 is 2.89 bits per heavy atom. The number of pyridine rings is 1. The van der Waals surface area contributed by atoms with E-state index in [0.717, 1.165) is 0 Å². The highest BCUT2D eigenvalue weighted by Crippen LogP contribution is 2.28. The zero-order chi connectivity index (χ0) is 13.1. The van der Waals surface area contributed by atoms with Crippen LogP contribution in [0.5, 0.6) is 0 Å². The van der Waals surface area contributed by atoms with Crippen molar-refractivity contribution in [2.75, 3.05) is 5.73 Å². The summed E-state index contributed by atoms with van der Waals surface area (Å²) in [4.78, 5) is 16.0. The molecule has 0 saturated heterocycles. The molecule has 18 heavy (non-hydrogen) atoms. The van der Waals surface area contributed by atoms with E-state index in [9.17, 15) is 4.79 Å². The fourth-order valence-corrected chi connectivity index (χ4v) is 2.68. The molecule has 0 spiro atoms. The van der Waals surface area contributed by atoms with Crippen LogP contribution in [0.2, 0.25) is 5.02 Å². The van der Waals surface area contributed by atoms with E-state index in [4.69, 9.17) is 17.3 Å². The van der Waals surface area contributed by atoms with Gasteiger partial charge >= 0.3 is 0 Å². The van der Waals surface area contributed by atoms with Crippen LogP contribution < -0.4 is 11.1 Å². The molecule has 0 bridgehead atoms. The molecular formula is C13H18ClN3O. The van der Waals surface area contributed by atoms with Crippen molar-refractivity contribution in [1.29, 1.82) is 0 Å². The second kappa shape index (κ2) is 5.57. The van der Waals surface area contributed by atoms with Crippen LogP contribution in [0.25, 0.3) is 0 Å². The number of nitrogens with zero attached hydrogens (tertiary/aromatic N) is 1. The fraction of sp³-hybridized carbons (Fsp3) is 0.538. The van der Waals surface area contributed by atoms with Crippen LogP contribution in [0, 0.1) is 5.92 Å². The molecule has 1 aliphatic carbocycles. The highest BCUT2D eigenvalue weighted by atomic mass is 35.5. The molecule has 0 aromatic carbocycles. The Hall–Kier alpha value is -1.29. The van der Waals surface area contributed by atoms with Gasteiger partial charge in [-0.2, -0.15) is 0 Å². The zero-order valence-electron chi connectivity index (χ0n) is 10.4. The third kappa shape index (κ3) is 2.93. The molecule has 1 amide bonds. The van der Waals surface area contributed by atoms with E-state index in [0.29, 0.717) is 22.3 Å². The lowest BCUT2D eigenvalue weighted by atomic mass is 9.99. The summed E-state index contributed by atoms with van der Waals surface area (Å²) in [5, 5.41) is 3.33. The minimum Gasteiger partial charge on any atom is -0.384 e. The number of hydrogen-bond acceptors (Lipinski definition) is 3. The number of carbonyl (C=O) groups is 1. The Labute approximate surface area is 112 Å². The van der Waals surface area contributed by atoms with Gasteiger partial charge in [-0.05, 0) is 31.7 Å². The van der Waals surface area contributed by atoms with E-state index < -0.39 is 0 Å². The second-order valence-corrected chi connectivity index (χ2v) is 5.30. The number of aromatic nitrogens is 1. The van der Waals surface area contributed by atoms with Crippen molar-refractivity contribution < 1.29 is 4.79 Å². The largest absolute Gasteiger partial charge is 0.384 e. The molecule has 0 radical (unpaired) electrons. The minimum atomic E-state index is -0.173. The van der Waals surface area contributed by atoms with Crippen molar-refractivity contribution >= 4 is 23.3 Å².